The molecule has 0 bridgehead atoms. The van der Waals surface area contributed by atoms with Crippen molar-refractivity contribution in [2.75, 3.05) is 5.75 Å². The Hall–Kier alpha value is -2.09. The van der Waals surface area contributed by atoms with Crippen LogP contribution in [0.15, 0.2) is 24.3 Å². The molecule has 1 aliphatic heterocycles. The summed E-state index contributed by atoms with van der Waals surface area (Å²) in [5.74, 6) is -0.977. The van der Waals surface area contributed by atoms with Crippen LogP contribution in [0.2, 0.25) is 0 Å². The van der Waals surface area contributed by atoms with Gasteiger partial charge in [-0.05, 0) is 45.7 Å². The molecular formula is C19H26FN3O3S. The summed E-state index contributed by atoms with van der Waals surface area (Å²) in [4.78, 5) is 36.8. The predicted molar refractivity (Wildman–Crippen MR) is 104 cm³/mol. The van der Waals surface area contributed by atoms with Crippen LogP contribution in [0.5, 0.6) is 0 Å². The number of carbonyl (C=O) groups excluding carboxylic acids is 3. The summed E-state index contributed by atoms with van der Waals surface area (Å²) in [6.45, 7) is 7.16. The quantitative estimate of drug-likeness (QED) is 0.703. The summed E-state index contributed by atoms with van der Waals surface area (Å²) in [5, 5.41) is 7.64. The highest BCUT2D eigenvalue weighted by molar-refractivity contribution is 8.00. The number of amides is 3. The average molecular weight is 396 g/mol. The van der Waals surface area contributed by atoms with Crippen molar-refractivity contribution in [1.82, 2.24) is 16.0 Å². The van der Waals surface area contributed by atoms with Crippen LogP contribution in [-0.2, 0) is 20.8 Å². The Morgan fingerprint density at radius 3 is 2.59 bits per heavy atom. The highest BCUT2D eigenvalue weighted by atomic mass is 32.2. The van der Waals surface area contributed by atoms with Gasteiger partial charge in [-0.2, -0.15) is 0 Å². The SMILES string of the molecule is C[C@H](NC(=O)[C@@H]1CS[C@H](Cc2ccccc2F)C(=O)N1)C(=O)NC(C)(C)C. The topological polar surface area (TPSA) is 87.3 Å². The Balaban J connectivity index is 1.88. The fourth-order valence-electron chi connectivity index (χ4n) is 2.61. The van der Waals surface area contributed by atoms with E-state index in [2.05, 4.69) is 16.0 Å². The third-order valence-electron chi connectivity index (χ3n) is 4.00. The molecule has 1 saturated heterocycles. The van der Waals surface area contributed by atoms with E-state index in [0.29, 0.717) is 11.3 Å². The van der Waals surface area contributed by atoms with Crippen molar-refractivity contribution < 1.29 is 18.8 Å². The largest absolute Gasteiger partial charge is 0.350 e. The fourth-order valence-corrected chi connectivity index (χ4v) is 3.78. The fraction of sp³-hybridized carbons (Fsp3) is 0.526. The van der Waals surface area contributed by atoms with Crippen molar-refractivity contribution in [3.63, 3.8) is 0 Å². The zero-order valence-electron chi connectivity index (χ0n) is 16.0. The van der Waals surface area contributed by atoms with Gasteiger partial charge in [-0.3, -0.25) is 14.4 Å². The summed E-state index contributed by atoms with van der Waals surface area (Å²) >= 11 is 1.32. The number of nitrogens with one attached hydrogen (secondary N) is 3. The standard InChI is InChI=1S/C19H26FN3O3S/c1-11(16(24)23-19(2,3)4)21-17(25)14-10-27-15(18(26)22-14)9-12-7-5-6-8-13(12)20/h5-8,11,14-15H,9-10H2,1-4H3,(H,21,25)(H,22,26)(H,23,24)/t11-,14-,15+/m0/s1. The Bertz CT molecular complexity index is 720. The zero-order valence-corrected chi connectivity index (χ0v) is 16.8. The lowest BCUT2D eigenvalue weighted by atomic mass is 10.1. The van der Waals surface area contributed by atoms with E-state index < -0.39 is 28.8 Å². The summed E-state index contributed by atoms with van der Waals surface area (Å²) in [6.07, 6.45) is 0.266. The van der Waals surface area contributed by atoms with Crippen molar-refractivity contribution in [1.29, 1.82) is 0 Å². The first kappa shape index (κ1) is 21.2. The van der Waals surface area contributed by atoms with Gasteiger partial charge in [-0.25, -0.2) is 4.39 Å². The number of carbonyl (C=O) groups is 3. The van der Waals surface area contributed by atoms with E-state index in [9.17, 15) is 18.8 Å². The Morgan fingerprint density at radius 2 is 2.00 bits per heavy atom. The molecule has 1 fully saturated rings. The van der Waals surface area contributed by atoms with Gasteiger partial charge in [-0.15, -0.1) is 11.8 Å². The van der Waals surface area contributed by atoms with Crippen LogP contribution < -0.4 is 16.0 Å². The molecule has 6 nitrogen and oxygen atoms in total. The lowest BCUT2D eigenvalue weighted by Crippen LogP contribution is -2.58. The van der Waals surface area contributed by atoms with Gasteiger partial charge < -0.3 is 16.0 Å². The van der Waals surface area contributed by atoms with Gasteiger partial charge >= 0.3 is 0 Å². The molecular weight excluding hydrogens is 369 g/mol. The Labute approximate surface area is 163 Å². The van der Waals surface area contributed by atoms with Gasteiger partial charge in [0.05, 0.1) is 5.25 Å². The molecule has 148 valence electrons. The van der Waals surface area contributed by atoms with Gasteiger partial charge in [0, 0.05) is 11.3 Å². The van der Waals surface area contributed by atoms with Gasteiger partial charge in [-0.1, -0.05) is 18.2 Å². The first-order chi connectivity index (χ1) is 12.6. The predicted octanol–water partition coefficient (Wildman–Crippen LogP) is 1.39. The highest BCUT2D eigenvalue weighted by Gasteiger charge is 2.34. The molecule has 3 N–H and O–H groups in total. The third kappa shape index (κ3) is 6.23. The van der Waals surface area contributed by atoms with Crippen LogP contribution in [0.3, 0.4) is 0 Å². The van der Waals surface area contributed by atoms with E-state index in [1.807, 2.05) is 20.8 Å². The second-order valence-electron chi connectivity index (χ2n) is 7.65. The molecule has 0 unspecified atom stereocenters. The Kier molecular flexibility index (Phi) is 6.86. The molecule has 3 atom stereocenters. The van der Waals surface area contributed by atoms with E-state index in [0.717, 1.165) is 0 Å². The van der Waals surface area contributed by atoms with Crippen LogP contribution >= 0.6 is 11.8 Å². The molecule has 2 rings (SSSR count). The summed E-state index contributed by atoms with van der Waals surface area (Å²) in [7, 11) is 0. The van der Waals surface area contributed by atoms with Gasteiger partial charge in [0.15, 0.2) is 0 Å². The summed E-state index contributed by atoms with van der Waals surface area (Å²) < 4.78 is 13.8. The normalized spacial score (nSPS) is 21.1. The molecule has 1 aromatic rings. The molecule has 0 radical (unpaired) electrons. The van der Waals surface area contributed by atoms with Crippen molar-refractivity contribution in [3.05, 3.63) is 35.6 Å². The summed E-state index contributed by atoms with van der Waals surface area (Å²) in [6, 6.07) is 4.91. The minimum Gasteiger partial charge on any atom is -0.350 e. The molecule has 1 aliphatic rings. The lowest BCUT2D eigenvalue weighted by molar-refractivity contribution is -0.132. The van der Waals surface area contributed by atoms with Crippen LogP contribution in [0.4, 0.5) is 4.39 Å². The van der Waals surface area contributed by atoms with E-state index in [1.54, 1.807) is 25.1 Å². The van der Waals surface area contributed by atoms with Crippen LogP contribution in [-0.4, -0.2) is 46.3 Å². The maximum Gasteiger partial charge on any atom is 0.244 e. The van der Waals surface area contributed by atoms with Crippen LogP contribution in [0, 0.1) is 5.82 Å². The van der Waals surface area contributed by atoms with Crippen LogP contribution in [0.1, 0.15) is 33.3 Å². The molecule has 1 aromatic carbocycles. The minimum atomic E-state index is -0.718. The number of rotatable bonds is 5. The lowest BCUT2D eigenvalue weighted by Gasteiger charge is -2.29. The monoisotopic (exact) mass is 395 g/mol. The molecule has 0 saturated carbocycles. The molecule has 3 amide bonds. The number of hydrogen-bond acceptors (Lipinski definition) is 4. The van der Waals surface area contributed by atoms with Crippen LogP contribution in [0.25, 0.3) is 0 Å². The Morgan fingerprint density at radius 1 is 1.33 bits per heavy atom. The molecule has 27 heavy (non-hydrogen) atoms. The second kappa shape index (κ2) is 8.73. The van der Waals surface area contributed by atoms with Crippen molar-refractivity contribution in [3.8, 4) is 0 Å². The van der Waals surface area contributed by atoms with Gasteiger partial charge in [0.25, 0.3) is 0 Å². The molecule has 0 aliphatic carbocycles. The van der Waals surface area contributed by atoms with Crippen molar-refractivity contribution in [2.45, 2.75) is 57.0 Å². The zero-order chi connectivity index (χ0) is 20.2. The van der Waals surface area contributed by atoms with E-state index in [1.165, 1.54) is 17.8 Å². The van der Waals surface area contributed by atoms with Crippen molar-refractivity contribution in [2.24, 2.45) is 0 Å². The van der Waals surface area contributed by atoms with Gasteiger partial charge in [0.1, 0.15) is 17.9 Å². The summed E-state index contributed by atoms with van der Waals surface area (Å²) in [5.41, 5.74) is 0.0748. The molecule has 1 heterocycles. The maximum absolute atomic E-state index is 13.8. The smallest absolute Gasteiger partial charge is 0.244 e. The van der Waals surface area contributed by atoms with E-state index in [-0.39, 0.29) is 24.1 Å². The molecule has 0 aromatic heterocycles. The van der Waals surface area contributed by atoms with E-state index in [4.69, 9.17) is 0 Å². The van der Waals surface area contributed by atoms with Crippen molar-refractivity contribution >= 4 is 29.5 Å². The number of benzene rings is 1. The first-order valence-electron chi connectivity index (χ1n) is 8.84. The minimum absolute atomic E-state index is 0.266. The van der Waals surface area contributed by atoms with Gasteiger partial charge in [0.2, 0.25) is 17.7 Å². The third-order valence-corrected chi connectivity index (χ3v) is 5.31. The number of hydrogen-bond donors (Lipinski definition) is 3. The average Bonchev–Trinajstić information content (AvgIpc) is 2.56. The number of thioether (sulfide) groups is 1. The maximum atomic E-state index is 13.8. The second-order valence-corrected chi connectivity index (χ2v) is 8.88. The number of halogens is 1. The highest BCUT2D eigenvalue weighted by Crippen LogP contribution is 2.23. The molecule has 8 heteroatoms. The first-order valence-corrected chi connectivity index (χ1v) is 9.89. The molecule has 0 spiro atoms. The van der Waals surface area contributed by atoms with E-state index >= 15 is 0 Å².